The van der Waals surface area contributed by atoms with Gasteiger partial charge in [-0.2, -0.15) is 0 Å². The van der Waals surface area contributed by atoms with E-state index in [0.29, 0.717) is 6.61 Å². The van der Waals surface area contributed by atoms with Crippen molar-refractivity contribution < 1.29 is 4.74 Å². The first-order chi connectivity index (χ1) is 10.5. The second kappa shape index (κ2) is 11.7. The van der Waals surface area contributed by atoms with E-state index in [1.165, 1.54) is 11.1 Å². The van der Waals surface area contributed by atoms with Crippen molar-refractivity contribution in [3.63, 3.8) is 0 Å². The molecular weight excluding hydrogens is 401 g/mol. The summed E-state index contributed by atoms with van der Waals surface area (Å²) >= 11 is 0. The van der Waals surface area contributed by atoms with E-state index in [1.807, 2.05) is 6.92 Å². The minimum Gasteiger partial charge on any atom is -0.380 e. The van der Waals surface area contributed by atoms with Crippen molar-refractivity contribution in [3.05, 3.63) is 35.4 Å². The molecule has 0 aromatic heterocycles. The molecule has 5 heteroatoms. The third-order valence-electron chi connectivity index (χ3n) is 3.59. The molecule has 1 rings (SSSR count). The van der Waals surface area contributed by atoms with Gasteiger partial charge < -0.3 is 15.4 Å². The van der Waals surface area contributed by atoms with Crippen LogP contribution in [0, 0.1) is 6.92 Å². The number of benzene rings is 1. The third-order valence-corrected chi connectivity index (χ3v) is 3.59. The number of nitrogens with one attached hydrogen (secondary N) is 2. The monoisotopic (exact) mass is 433 g/mol. The maximum absolute atomic E-state index is 5.35. The van der Waals surface area contributed by atoms with Crippen LogP contribution in [0.1, 0.15) is 38.8 Å². The second-order valence-corrected chi connectivity index (χ2v) is 6.02. The fraction of sp³-hybridized carbons (Fsp3) is 0.611. The zero-order valence-electron chi connectivity index (χ0n) is 15.1. The molecule has 0 saturated carbocycles. The van der Waals surface area contributed by atoms with Crippen LogP contribution in [0.3, 0.4) is 0 Å². The molecule has 0 amide bonds. The number of hydrogen-bond acceptors (Lipinski definition) is 2. The van der Waals surface area contributed by atoms with Gasteiger partial charge in [0.05, 0.1) is 13.2 Å². The van der Waals surface area contributed by atoms with Crippen LogP contribution in [0.5, 0.6) is 0 Å². The van der Waals surface area contributed by atoms with E-state index in [9.17, 15) is 0 Å². The molecule has 1 aromatic rings. The van der Waals surface area contributed by atoms with Crippen LogP contribution in [0.4, 0.5) is 0 Å². The first kappa shape index (κ1) is 22.2. The number of rotatable bonds is 8. The summed E-state index contributed by atoms with van der Waals surface area (Å²) in [5, 5.41) is 6.59. The maximum Gasteiger partial charge on any atom is 0.191 e. The molecule has 23 heavy (non-hydrogen) atoms. The van der Waals surface area contributed by atoms with Crippen molar-refractivity contribution >= 4 is 29.9 Å². The Labute approximate surface area is 158 Å². The van der Waals surface area contributed by atoms with Gasteiger partial charge in [0.2, 0.25) is 0 Å². The zero-order valence-corrected chi connectivity index (χ0v) is 17.4. The van der Waals surface area contributed by atoms with Crippen LogP contribution >= 0.6 is 24.0 Å². The SMILES string of the molecule is CCNC(=NCC(C)(C)c1ccccc1C)NCCOCC.I. The molecule has 0 spiro atoms. The highest BCUT2D eigenvalue weighted by Crippen LogP contribution is 2.26. The lowest BCUT2D eigenvalue weighted by atomic mass is 9.82. The van der Waals surface area contributed by atoms with Gasteiger partial charge in [0.1, 0.15) is 0 Å². The summed E-state index contributed by atoms with van der Waals surface area (Å²) in [5.41, 5.74) is 2.68. The van der Waals surface area contributed by atoms with E-state index in [4.69, 9.17) is 9.73 Å². The Morgan fingerprint density at radius 2 is 1.87 bits per heavy atom. The number of nitrogens with zero attached hydrogens (tertiary/aromatic N) is 1. The Kier molecular flexibility index (Phi) is 11.3. The molecule has 0 aliphatic rings. The Hall–Kier alpha value is -0.820. The van der Waals surface area contributed by atoms with Gasteiger partial charge in [-0.25, -0.2) is 0 Å². The lowest BCUT2D eigenvalue weighted by molar-refractivity contribution is 0.152. The van der Waals surface area contributed by atoms with Gasteiger partial charge in [-0.15, -0.1) is 24.0 Å². The zero-order chi connectivity index (χ0) is 16.4. The summed E-state index contributed by atoms with van der Waals surface area (Å²) in [6.45, 7) is 14.5. The van der Waals surface area contributed by atoms with E-state index >= 15 is 0 Å². The highest BCUT2D eigenvalue weighted by Gasteiger charge is 2.22. The lowest BCUT2D eigenvalue weighted by Crippen LogP contribution is -2.40. The largest absolute Gasteiger partial charge is 0.380 e. The normalized spacial score (nSPS) is 11.8. The lowest BCUT2D eigenvalue weighted by Gasteiger charge is -2.25. The van der Waals surface area contributed by atoms with Crippen molar-refractivity contribution in [1.82, 2.24) is 10.6 Å². The first-order valence-electron chi connectivity index (χ1n) is 8.17. The average Bonchev–Trinajstić information content (AvgIpc) is 2.49. The Morgan fingerprint density at radius 1 is 1.17 bits per heavy atom. The summed E-state index contributed by atoms with van der Waals surface area (Å²) < 4.78 is 5.35. The van der Waals surface area contributed by atoms with Gasteiger partial charge in [-0.1, -0.05) is 38.1 Å². The molecule has 0 heterocycles. The van der Waals surface area contributed by atoms with Gasteiger partial charge >= 0.3 is 0 Å². The molecule has 0 atom stereocenters. The van der Waals surface area contributed by atoms with E-state index in [0.717, 1.165) is 32.2 Å². The molecular formula is C18H32IN3O. The molecule has 4 nitrogen and oxygen atoms in total. The van der Waals surface area contributed by atoms with Gasteiger partial charge in [-0.05, 0) is 31.9 Å². The third kappa shape index (κ3) is 8.01. The number of ether oxygens (including phenoxy) is 1. The molecule has 0 saturated heterocycles. The summed E-state index contributed by atoms with van der Waals surface area (Å²) in [4.78, 5) is 4.74. The fourth-order valence-corrected chi connectivity index (χ4v) is 2.42. The highest BCUT2D eigenvalue weighted by atomic mass is 127. The molecule has 0 radical (unpaired) electrons. The minimum atomic E-state index is 0. The van der Waals surface area contributed by atoms with Gasteiger partial charge in [-0.3, -0.25) is 4.99 Å². The van der Waals surface area contributed by atoms with Crippen molar-refractivity contribution in [2.24, 2.45) is 4.99 Å². The quantitative estimate of drug-likeness (QED) is 0.286. The highest BCUT2D eigenvalue weighted by molar-refractivity contribution is 14.0. The van der Waals surface area contributed by atoms with E-state index in [1.54, 1.807) is 0 Å². The Bertz CT molecular complexity index is 475. The molecule has 0 fully saturated rings. The Balaban J connectivity index is 0.00000484. The number of aliphatic imine (C=N–C) groups is 1. The number of aryl methyl sites for hydroxylation is 1. The predicted octanol–water partition coefficient (Wildman–Crippen LogP) is 3.48. The van der Waals surface area contributed by atoms with E-state index < -0.39 is 0 Å². The number of halogens is 1. The van der Waals surface area contributed by atoms with Gasteiger partial charge in [0, 0.05) is 25.1 Å². The molecule has 1 aromatic carbocycles. The van der Waals surface area contributed by atoms with Crippen molar-refractivity contribution in [2.75, 3.05) is 32.8 Å². The average molecular weight is 433 g/mol. The van der Waals surface area contributed by atoms with Crippen LogP contribution in [0.15, 0.2) is 29.3 Å². The Morgan fingerprint density at radius 3 is 2.48 bits per heavy atom. The van der Waals surface area contributed by atoms with E-state index in [2.05, 4.69) is 62.6 Å². The molecule has 0 bridgehead atoms. The van der Waals surface area contributed by atoms with Crippen molar-refractivity contribution in [3.8, 4) is 0 Å². The topological polar surface area (TPSA) is 45.7 Å². The molecule has 0 aliphatic carbocycles. The van der Waals surface area contributed by atoms with Gasteiger partial charge in [0.25, 0.3) is 0 Å². The summed E-state index contributed by atoms with van der Waals surface area (Å²) in [7, 11) is 0. The molecule has 132 valence electrons. The number of guanidine groups is 1. The smallest absolute Gasteiger partial charge is 0.191 e. The second-order valence-electron chi connectivity index (χ2n) is 6.02. The first-order valence-corrected chi connectivity index (χ1v) is 8.17. The summed E-state index contributed by atoms with van der Waals surface area (Å²) in [6, 6.07) is 8.53. The van der Waals surface area contributed by atoms with Crippen LogP contribution in [0.25, 0.3) is 0 Å². The maximum atomic E-state index is 5.35. The summed E-state index contributed by atoms with van der Waals surface area (Å²) in [6.07, 6.45) is 0. The van der Waals surface area contributed by atoms with Gasteiger partial charge in [0.15, 0.2) is 5.96 Å². The predicted molar refractivity (Wildman–Crippen MR) is 110 cm³/mol. The van der Waals surface area contributed by atoms with Crippen LogP contribution < -0.4 is 10.6 Å². The molecule has 0 unspecified atom stereocenters. The fourth-order valence-electron chi connectivity index (χ4n) is 2.42. The van der Waals surface area contributed by atoms with E-state index in [-0.39, 0.29) is 29.4 Å². The molecule has 2 N–H and O–H groups in total. The number of hydrogen-bond donors (Lipinski definition) is 2. The standard InChI is InChI=1S/C18H31N3O.HI/c1-6-19-17(20-12-13-22-7-2)21-14-18(4,5)16-11-9-8-10-15(16)3;/h8-11H,6-7,12-14H2,1-5H3,(H2,19,20,21);1H. The minimum absolute atomic E-state index is 0. The van der Waals surface area contributed by atoms with Crippen molar-refractivity contribution in [1.29, 1.82) is 0 Å². The van der Waals surface area contributed by atoms with Crippen LogP contribution in [0.2, 0.25) is 0 Å². The molecule has 0 aliphatic heterocycles. The van der Waals surface area contributed by atoms with Crippen molar-refractivity contribution in [2.45, 2.75) is 40.0 Å². The van der Waals surface area contributed by atoms with Crippen LogP contribution in [-0.4, -0.2) is 38.8 Å². The van der Waals surface area contributed by atoms with Crippen LogP contribution in [-0.2, 0) is 10.2 Å². The summed E-state index contributed by atoms with van der Waals surface area (Å²) in [5.74, 6) is 0.851.